The van der Waals surface area contributed by atoms with Crippen LogP contribution in [0.2, 0.25) is 0 Å². The van der Waals surface area contributed by atoms with E-state index in [0.29, 0.717) is 35.3 Å². The molecule has 2 heterocycles. The summed E-state index contributed by atoms with van der Waals surface area (Å²) in [6, 6.07) is 7.33. The third kappa shape index (κ3) is 3.75. The maximum Gasteiger partial charge on any atom is 0.355 e. The molecule has 6 heteroatoms. The zero-order chi connectivity index (χ0) is 17.8. The number of carbonyl (C=O) groups excluding carboxylic acids is 1. The third-order valence-electron chi connectivity index (χ3n) is 5.08. The SMILES string of the molecule is CCOC(=O)c1[nH]c2ccccc2c(=O)c1C[NH+]1CC[NH+](CC)CC1. The van der Waals surface area contributed by atoms with Gasteiger partial charge in [-0.25, -0.2) is 4.79 Å². The fourth-order valence-electron chi connectivity index (χ4n) is 3.56. The highest BCUT2D eigenvalue weighted by molar-refractivity contribution is 5.92. The number of benzene rings is 1. The summed E-state index contributed by atoms with van der Waals surface area (Å²) in [4.78, 5) is 31.5. The molecule has 0 aliphatic carbocycles. The highest BCUT2D eigenvalue weighted by Crippen LogP contribution is 2.12. The smallest absolute Gasteiger partial charge is 0.355 e. The number of aromatic amines is 1. The van der Waals surface area contributed by atoms with E-state index in [1.165, 1.54) is 4.90 Å². The van der Waals surface area contributed by atoms with Crippen LogP contribution >= 0.6 is 0 Å². The van der Waals surface area contributed by atoms with Gasteiger partial charge in [-0.05, 0) is 26.0 Å². The molecule has 0 saturated carbocycles. The van der Waals surface area contributed by atoms with Gasteiger partial charge in [-0.3, -0.25) is 4.79 Å². The van der Waals surface area contributed by atoms with Crippen LogP contribution in [0.3, 0.4) is 0 Å². The molecule has 0 amide bonds. The normalized spacial score (nSPS) is 20.6. The molecule has 0 atom stereocenters. The fourth-order valence-corrected chi connectivity index (χ4v) is 3.56. The molecule has 0 spiro atoms. The number of ether oxygens (including phenoxy) is 1. The van der Waals surface area contributed by atoms with Crippen molar-refractivity contribution in [2.75, 3.05) is 39.3 Å². The second-order valence-corrected chi connectivity index (χ2v) is 6.60. The number of pyridine rings is 1. The Morgan fingerprint density at radius 3 is 2.48 bits per heavy atom. The number of rotatable bonds is 5. The van der Waals surface area contributed by atoms with E-state index in [1.807, 2.05) is 18.2 Å². The lowest BCUT2D eigenvalue weighted by Crippen LogP contribution is -3.27. The number of carbonyl (C=O) groups is 1. The Labute approximate surface area is 147 Å². The maximum atomic E-state index is 13.0. The van der Waals surface area contributed by atoms with E-state index >= 15 is 0 Å². The zero-order valence-electron chi connectivity index (χ0n) is 15.0. The molecule has 134 valence electrons. The van der Waals surface area contributed by atoms with E-state index in [0.717, 1.165) is 32.7 Å². The number of para-hydroxylation sites is 1. The summed E-state index contributed by atoms with van der Waals surface area (Å²) < 4.78 is 5.17. The molecule has 1 fully saturated rings. The van der Waals surface area contributed by atoms with Crippen molar-refractivity contribution in [1.29, 1.82) is 0 Å². The molecule has 3 rings (SSSR count). The summed E-state index contributed by atoms with van der Waals surface area (Å²) in [5.41, 5.74) is 1.47. The molecule has 0 bridgehead atoms. The largest absolute Gasteiger partial charge is 0.461 e. The minimum atomic E-state index is -0.447. The van der Waals surface area contributed by atoms with Crippen LogP contribution in [0.4, 0.5) is 0 Å². The Morgan fingerprint density at radius 1 is 1.12 bits per heavy atom. The first-order valence-corrected chi connectivity index (χ1v) is 9.12. The van der Waals surface area contributed by atoms with Crippen molar-refractivity contribution in [2.24, 2.45) is 0 Å². The molecule has 25 heavy (non-hydrogen) atoms. The van der Waals surface area contributed by atoms with Crippen molar-refractivity contribution >= 4 is 16.9 Å². The van der Waals surface area contributed by atoms with E-state index in [2.05, 4.69) is 11.9 Å². The van der Waals surface area contributed by atoms with Crippen molar-refractivity contribution in [1.82, 2.24) is 4.98 Å². The van der Waals surface area contributed by atoms with E-state index < -0.39 is 5.97 Å². The van der Waals surface area contributed by atoms with Crippen LogP contribution in [0.5, 0.6) is 0 Å². The van der Waals surface area contributed by atoms with Crippen molar-refractivity contribution in [3.05, 3.63) is 45.7 Å². The number of hydrogen-bond donors (Lipinski definition) is 3. The number of fused-ring (bicyclic) bond motifs is 1. The Bertz CT molecular complexity index is 807. The summed E-state index contributed by atoms with van der Waals surface area (Å²) >= 11 is 0. The van der Waals surface area contributed by atoms with Crippen LogP contribution in [-0.2, 0) is 11.3 Å². The third-order valence-corrected chi connectivity index (χ3v) is 5.08. The summed E-state index contributed by atoms with van der Waals surface area (Å²) in [6.45, 7) is 10.2. The molecule has 1 aliphatic heterocycles. The van der Waals surface area contributed by atoms with Gasteiger partial charge in [0.2, 0.25) is 0 Å². The van der Waals surface area contributed by atoms with E-state index in [-0.39, 0.29) is 5.43 Å². The molecule has 0 unspecified atom stereocenters. The van der Waals surface area contributed by atoms with Gasteiger partial charge in [0.25, 0.3) is 0 Å². The second-order valence-electron chi connectivity index (χ2n) is 6.60. The van der Waals surface area contributed by atoms with E-state index in [9.17, 15) is 9.59 Å². The van der Waals surface area contributed by atoms with Gasteiger partial charge in [0.1, 0.15) is 38.4 Å². The number of esters is 1. The van der Waals surface area contributed by atoms with Crippen molar-refractivity contribution < 1.29 is 19.3 Å². The maximum absolute atomic E-state index is 13.0. The molecule has 1 aromatic heterocycles. The summed E-state index contributed by atoms with van der Waals surface area (Å²) in [7, 11) is 0. The second kappa shape index (κ2) is 7.80. The lowest BCUT2D eigenvalue weighted by atomic mass is 10.1. The van der Waals surface area contributed by atoms with Crippen molar-refractivity contribution in [3.63, 3.8) is 0 Å². The summed E-state index contributed by atoms with van der Waals surface area (Å²) in [5.74, 6) is -0.447. The molecule has 3 N–H and O–H groups in total. The Morgan fingerprint density at radius 2 is 1.80 bits per heavy atom. The van der Waals surface area contributed by atoms with Gasteiger partial charge in [0.15, 0.2) is 5.43 Å². The first-order valence-electron chi connectivity index (χ1n) is 9.12. The average Bonchev–Trinajstić information content (AvgIpc) is 2.64. The number of nitrogens with one attached hydrogen (secondary N) is 3. The Balaban J connectivity index is 1.97. The lowest BCUT2D eigenvalue weighted by molar-refractivity contribution is -1.02. The van der Waals surface area contributed by atoms with Gasteiger partial charge in [0.05, 0.1) is 18.7 Å². The Hall–Kier alpha value is -2.18. The molecule has 1 saturated heterocycles. The van der Waals surface area contributed by atoms with Gasteiger partial charge >= 0.3 is 5.97 Å². The van der Waals surface area contributed by atoms with Gasteiger partial charge < -0.3 is 19.5 Å². The molecule has 0 radical (unpaired) electrons. The highest BCUT2D eigenvalue weighted by Gasteiger charge is 2.26. The van der Waals surface area contributed by atoms with Gasteiger partial charge in [-0.1, -0.05) is 12.1 Å². The Kier molecular flexibility index (Phi) is 5.50. The van der Waals surface area contributed by atoms with Gasteiger partial charge in [-0.15, -0.1) is 0 Å². The molecule has 6 nitrogen and oxygen atoms in total. The van der Waals surface area contributed by atoms with Crippen LogP contribution in [0, 0.1) is 0 Å². The molecular formula is C19H27N3O3+2. The number of H-pyrrole nitrogens is 1. The highest BCUT2D eigenvalue weighted by atomic mass is 16.5. The van der Waals surface area contributed by atoms with Crippen molar-refractivity contribution in [3.8, 4) is 0 Å². The minimum absolute atomic E-state index is 0.0600. The molecule has 2 aromatic rings. The standard InChI is InChI=1S/C19H25N3O3/c1-3-21-9-11-22(12-10-21)13-15-17(19(24)25-4-2)20-16-8-6-5-7-14(16)18(15)23/h5-8H,3-4,9-13H2,1-2H3,(H,20,23)/p+2. The monoisotopic (exact) mass is 345 g/mol. The number of hydrogen-bond acceptors (Lipinski definition) is 3. The number of quaternary nitrogens is 2. The first kappa shape index (κ1) is 17.6. The van der Waals surface area contributed by atoms with E-state index in [1.54, 1.807) is 17.9 Å². The van der Waals surface area contributed by atoms with Crippen LogP contribution in [-0.4, -0.2) is 50.3 Å². The van der Waals surface area contributed by atoms with Gasteiger partial charge in [-0.2, -0.15) is 0 Å². The summed E-state index contributed by atoms with van der Waals surface area (Å²) in [5, 5.41) is 0.628. The number of piperazine rings is 1. The minimum Gasteiger partial charge on any atom is -0.461 e. The fraction of sp³-hybridized carbons (Fsp3) is 0.474. The quantitative estimate of drug-likeness (QED) is 0.610. The first-order chi connectivity index (χ1) is 12.1. The molecular weight excluding hydrogens is 318 g/mol. The predicted molar refractivity (Wildman–Crippen MR) is 96.2 cm³/mol. The van der Waals surface area contributed by atoms with Crippen molar-refractivity contribution in [2.45, 2.75) is 20.4 Å². The number of likely N-dealkylation sites (N-methyl/N-ethyl adjacent to an activating group) is 1. The molecule has 1 aliphatic rings. The average molecular weight is 345 g/mol. The van der Waals surface area contributed by atoms with Crippen LogP contribution in [0.15, 0.2) is 29.1 Å². The van der Waals surface area contributed by atoms with Gasteiger partial charge in [0, 0.05) is 10.9 Å². The zero-order valence-corrected chi connectivity index (χ0v) is 15.0. The van der Waals surface area contributed by atoms with Crippen LogP contribution in [0.25, 0.3) is 10.9 Å². The van der Waals surface area contributed by atoms with Crippen LogP contribution in [0.1, 0.15) is 29.9 Å². The summed E-state index contributed by atoms with van der Waals surface area (Å²) in [6.07, 6.45) is 0. The van der Waals surface area contributed by atoms with E-state index in [4.69, 9.17) is 4.74 Å². The topological polar surface area (TPSA) is 68.0 Å². The number of aromatic nitrogens is 1. The predicted octanol–water partition coefficient (Wildman–Crippen LogP) is -0.992. The lowest BCUT2D eigenvalue weighted by Gasteiger charge is -2.29. The molecule has 1 aromatic carbocycles. The van der Waals surface area contributed by atoms with Crippen LogP contribution < -0.4 is 15.2 Å².